The fourth-order valence-corrected chi connectivity index (χ4v) is 2.13. The van der Waals surface area contributed by atoms with Gasteiger partial charge in [0.25, 0.3) is 0 Å². The highest BCUT2D eigenvalue weighted by Crippen LogP contribution is 2.14. The molecule has 0 bridgehead atoms. The van der Waals surface area contributed by atoms with Crippen LogP contribution in [0.5, 0.6) is 5.75 Å². The van der Waals surface area contributed by atoms with Crippen LogP contribution in [0.25, 0.3) is 12.2 Å². The van der Waals surface area contributed by atoms with Gasteiger partial charge in [0.1, 0.15) is 18.2 Å². The van der Waals surface area contributed by atoms with E-state index in [0.29, 0.717) is 6.61 Å². The Kier molecular flexibility index (Phi) is 4.32. The third-order valence-corrected chi connectivity index (χ3v) is 3.27. The van der Waals surface area contributed by atoms with Crippen molar-refractivity contribution >= 4 is 18.0 Å². The Morgan fingerprint density at radius 1 is 0.952 bits per heavy atom. The molecule has 3 rings (SSSR count). The van der Waals surface area contributed by atoms with E-state index in [1.807, 2.05) is 30.3 Å². The van der Waals surface area contributed by atoms with E-state index in [0.717, 1.165) is 30.2 Å². The van der Waals surface area contributed by atoms with Gasteiger partial charge in [-0.15, -0.1) is 0 Å². The van der Waals surface area contributed by atoms with Crippen molar-refractivity contribution in [1.82, 2.24) is 5.32 Å². The SMILES string of the molecule is C(=Cc1ccc(OCC2=NCCN2)cc1)c1ccccc1. The van der Waals surface area contributed by atoms with Crippen molar-refractivity contribution in [3.63, 3.8) is 0 Å². The first-order valence-electron chi connectivity index (χ1n) is 7.13. The van der Waals surface area contributed by atoms with Crippen LogP contribution < -0.4 is 10.1 Å². The Balaban J connectivity index is 1.57. The summed E-state index contributed by atoms with van der Waals surface area (Å²) in [5.41, 5.74) is 2.35. The largest absolute Gasteiger partial charge is 0.486 e. The van der Waals surface area contributed by atoms with Gasteiger partial charge in [0.05, 0.1) is 6.54 Å². The molecular formula is C18H18N2O. The second kappa shape index (κ2) is 6.75. The number of rotatable bonds is 5. The maximum atomic E-state index is 5.69. The highest BCUT2D eigenvalue weighted by atomic mass is 16.5. The maximum Gasteiger partial charge on any atom is 0.145 e. The molecular weight excluding hydrogens is 260 g/mol. The zero-order chi connectivity index (χ0) is 14.3. The van der Waals surface area contributed by atoms with E-state index < -0.39 is 0 Å². The van der Waals surface area contributed by atoms with Gasteiger partial charge in [-0.05, 0) is 23.3 Å². The topological polar surface area (TPSA) is 33.6 Å². The number of hydrogen-bond acceptors (Lipinski definition) is 3. The molecule has 2 aromatic carbocycles. The monoisotopic (exact) mass is 278 g/mol. The van der Waals surface area contributed by atoms with Crippen LogP contribution in [0.4, 0.5) is 0 Å². The van der Waals surface area contributed by atoms with Crippen molar-refractivity contribution in [3.8, 4) is 5.75 Å². The van der Waals surface area contributed by atoms with E-state index >= 15 is 0 Å². The molecule has 1 heterocycles. The average Bonchev–Trinajstić information content (AvgIpc) is 3.06. The first-order chi connectivity index (χ1) is 10.4. The molecule has 21 heavy (non-hydrogen) atoms. The molecule has 2 aromatic rings. The van der Waals surface area contributed by atoms with Crippen LogP contribution in [0.2, 0.25) is 0 Å². The third-order valence-electron chi connectivity index (χ3n) is 3.27. The predicted octanol–water partition coefficient (Wildman–Crippen LogP) is 3.24. The van der Waals surface area contributed by atoms with Crippen LogP contribution in [0.3, 0.4) is 0 Å². The molecule has 0 fully saturated rings. The molecule has 0 atom stereocenters. The number of hydrogen-bond donors (Lipinski definition) is 1. The lowest BCUT2D eigenvalue weighted by molar-refractivity contribution is 0.373. The second-order valence-electron chi connectivity index (χ2n) is 4.86. The molecule has 0 unspecified atom stereocenters. The van der Waals surface area contributed by atoms with Gasteiger partial charge in [-0.25, -0.2) is 0 Å². The molecule has 0 spiro atoms. The van der Waals surface area contributed by atoms with Crippen LogP contribution in [-0.4, -0.2) is 25.5 Å². The molecule has 106 valence electrons. The van der Waals surface area contributed by atoms with Crippen LogP contribution in [0, 0.1) is 0 Å². The Morgan fingerprint density at radius 3 is 2.33 bits per heavy atom. The molecule has 0 saturated carbocycles. The average molecular weight is 278 g/mol. The Labute approximate surface area is 125 Å². The van der Waals surface area contributed by atoms with Crippen molar-refractivity contribution in [3.05, 3.63) is 65.7 Å². The fraction of sp³-hybridized carbons (Fsp3) is 0.167. The summed E-state index contributed by atoms with van der Waals surface area (Å²) in [4.78, 5) is 4.30. The molecule has 3 nitrogen and oxygen atoms in total. The molecule has 1 aliphatic heterocycles. The van der Waals surface area contributed by atoms with Crippen molar-refractivity contribution < 1.29 is 4.74 Å². The Bertz CT molecular complexity index is 630. The lowest BCUT2D eigenvalue weighted by atomic mass is 10.1. The third kappa shape index (κ3) is 3.96. The number of benzene rings is 2. The fourth-order valence-electron chi connectivity index (χ4n) is 2.13. The number of ether oxygens (including phenoxy) is 1. The zero-order valence-electron chi connectivity index (χ0n) is 11.8. The Hall–Kier alpha value is -2.55. The standard InChI is InChI=1S/C18H18N2O/c1-2-4-15(5-3-1)6-7-16-8-10-17(11-9-16)21-14-18-19-12-13-20-18/h1-11H,12-14H2,(H,19,20). The summed E-state index contributed by atoms with van der Waals surface area (Å²) in [5.74, 6) is 1.80. The van der Waals surface area contributed by atoms with Crippen molar-refractivity contribution in [1.29, 1.82) is 0 Å². The second-order valence-corrected chi connectivity index (χ2v) is 4.86. The number of nitrogens with one attached hydrogen (secondary N) is 1. The molecule has 0 aliphatic carbocycles. The quantitative estimate of drug-likeness (QED) is 0.852. The summed E-state index contributed by atoms with van der Waals surface area (Å²) in [6, 6.07) is 18.4. The van der Waals surface area contributed by atoms with Crippen molar-refractivity contribution in [2.24, 2.45) is 4.99 Å². The lowest BCUT2D eigenvalue weighted by Crippen LogP contribution is -2.24. The summed E-state index contributed by atoms with van der Waals surface area (Å²) in [7, 11) is 0. The van der Waals surface area contributed by atoms with Gasteiger partial charge in [0, 0.05) is 6.54 Å². The van der Waals surface area contributed by atoms with E-state index in [1.54, 1.807) is 0 Å². The van der Waals surface area contributed by atoms with Gasteiger partial charge in [-0.2, -0.15) is 0 Å². The van der Waals surface area contributed by atoms with Crippen LogP contribution in [0.15, 0.2) is 59.6 Å². The number of nitrogens with zero attached hydrogens (tertiary/aromatic N) is 1. The van der Waals surface area contributed by atoms with E-state index in [1.165, 1.54) is 5.56 Å². The summed E-state index contributed by atoms with van der Waals surface area (Å²) in [6.45, 7) is 2.28. The summed E-state index contributed by atoms with van der Waals surface area (Å²) in [5, 5.41) is 3.19. The summed E-state index contributed by atoms with van der Waals surface area (Å²) >= 11 is 0. The first kappa shape index (κ1) is 13.4. The molecule has 0 amide bonds. The number of amidine groups is 1. The minimum Gasteiger partial charge on any atom is -0.486 e. The van der Waals surface area contributed by atoms with Gasteiger partial charge in [-0.3, -0.25) is 4.99 Å². The molecule has 0 saturated heterocycles. The molecule has 0 aromatic heterocycles. The Morgan fingerprint density at radius 2 is 1.67 bits per heavy atom. The molecule has 0 radical (unpaired) electrons. The van der Waals surface area contributed by atoms with Gasteiger partial charge < -0.3 is 10.1 Å². The van der Waals surface area contributed by atoms with E-state index in [2.05, 4.69) is 46.7 Å². The summed E-state index contributed by atoms with van der Waals surface area (Å²) in [6.07, 6.45) is 4.20. The highest BCUT2D eigenvalue weighted by Gasteiger charge is 2.04. The van der Waals surface area contributed by atoms with Crippen LogP contribution in [-0.2, 0) is 0 Å². The minimum atomic E-state index is 0.513. The predicted molar refractivity (Wildman–Crippen MR) is 87.6 cm³/mol. The van der Waals surface area contributed by atoms with Crippen molar-refractivity contribution in [2.75, 3.05) is 19.7 Å². The number of aliphatic imine (C=N–C) groups is 1. The van der Waals surface area contributed by atoms with Crippen molar-refractivity contribution in [2.45, 2.75) is 0 Å². The maximum absolute atomic E-state index is 5.69. The molecule has 1 N–H and O–H groups in total. The van der Waals surface area contributed by atoms with Crippen LogP contribution >= 0.6 is 0 Å². The zero-order valence-corrected chi connectivity index (χ0v) is 11.8. The van der Waals surface area contributed by atoms with E-state index in [9.17, 15) is 0 Å². The minimum absolute atomic E-state index is 0.513. The van der Waals surface area contributed by atoms with E-state index in [-0.39, 0.29) is 0 Å². The lowest BCUT2D eigenvalue weighted by Gasteiger charge is -2.06. The first-order valence-corrected chi connectivity index (χ1v) is 7.13. The van der Waals surface area contributed by atoms with E-state index in [4.69, 9.17) is 4.74 Å². The van der Waals surface area contributed by atoms with Gasteiger partial charge in [0.2, 0.25) is 0 Å². The van der Waals surface area contributed by atoms with Crippen LogP contribution in [0.1, 0.15) is 11.1 Å². The normalized spacial score (nSPS) is 14.0. The smallest absolute Gasteiger partial charge is 0.145 e. The highest BCUT2D eigenvalue weighted by molar-refractivity contribution is 5.85. The van der Waals surface area contributed by atoms with Gasteiger partial charge in [0.15, 0.2) is 0 Å². The molecule has 3 heteroatoms. The summed E-state index contributed by atoms with van der Waals surface area (Å²) < 4.78 is 5.69. The molecule has 1 aliphatic rings. The van der Waals surface area contributed by atoms with Gasteiger partial charge in [-0.1, -0.05) is 54.6 Å². The van der Waals surface area contributed by atoms with Gasteiger partial charge >= 0.3 is 0 Å².